The molecule has 0 spiro atoms. The Hall–Kier alpha value is -3.33. The van der Waals surface area contributed by atoms with E-state index in [1.165, 1.54) is 24.3 Å². The third kappa shape index (κ3) is 3.41. The molecule has 1 aliphatic rings. The standard InChI is InChI=1S/C21H13F3N2O3S/c22-21(23,24)13-6-3-5-12(8-13)17-18(27)19(30-20(17)25)16-10-14(26(28)29)9-11-4-1-2-7-15(11)16/h1-10,19H,25H2. The number of thioether (sulfide) groups is 1. The Morgan fingerprint density at radius 3 is 2.47 bits per heavy atom. The van der Waals surface area contributed by atoms with Gasteiger partial charge in [-0.1, -0.05) is 48.2 Å². The van der Waals surface area contributed by atoms with E-state index in [-0.39, 0.29) is 21.9 Å². The molecule has 1 atom stereocenters. The molecule has 0 aliphatic carbocycles. The first-order valence-electron chi connectivity index (χ1n) is 8.72. The summed E-state index contributed by atoms with van der Waals surface area (Å²) in [5.74, 6) is -0.484. The van der Waals surface area contributed by atoms with Gasteiger partial charge in [0.2, 0.25) is 0 Å². The Balaban J connectivity index is 1.81. The summed E-state index contributed by atoms with van der Waals surface area (Å²) in [6, 6.07) is 14.0. The first-order valence-corrected chi connectivity index (χ1v) is 9.60. The highest BCUT2D eigenvalue weighted by molar-refractivity contribution is 8.04. The fourth-order valence-electron chi connectivity index (χ4n) is 3.48. The number of Topliss-reactive ketones (excluding diaryl/α,β-unsaturated/α-hetero) is 1. The Bertz CT molecular complexity index is 1240. The first kappa shape index (κ1) is 20.0. The van der Waals surface area contributed by atoms with Crippen LogP contribution in [0.15, 0.2) is 65.7 Å². The van der Waals surface area contributed by atoms with Gasteiger partial charge in [-0.05, 0) is 34.0 Å². The van der Waals surface area contributed by atoms with Crippen molar-refractivity contribution in [3.63, 3.8) is 0 Å². The maximum atomic E-state index is 13.2. The molecule has 5 nitrogen and oxygen atoms in total. The Kier molecular flexibility index (Phi) is 4.77. The zero-order valence-electron chi connectivity index (χ0n) is 15.1. The molecule has 3 aromatic carbocycles. The summed E-state index contributed by atoms with van der Waals surface area (Å²) < 4.78 is 39.3. The molecular formula is C21H13F3N2O3S. The van der Waals surface area contributed by atoms with Gasteiger partial charge in [-0.3, -0.25) is 14.9 Å². The van der Waals surface area contributed by atoms with Crippen LogP contribution in [0.5, 0.6) is 0 Å². The van der Waals surface area contributed by atoms with Crippen molar-refractivity contribution >= 4 is 39.6 Å². The third-order valence-corrected chi connectivity index (χ3v) is 5.99. The van der Waals surface area contributed by atoms with Gasteiger partial charge in [0, 0.05) is 12.1 Å². The molecule has 0 fully saturated rings. The number of alkyl halides is 3. The number of rotatable bonds is 3. The molecule has 0 radical (unpaired) electrons. The quantitative estimate of drug-likeness (QED) is 0.441. The number of nitro groups is 1. The van der Waals surface area contributed by atoms with Gasteiger partial charge in [-0.25, -0.2) is 0 Å². The van der Waals surface area contributed by atoms with Crippen LogP contribution in [0.2, 0.25) is 0 Å². The number of nitrogens with zero attached hydrogens (tertiary/aromatic N) is 1. The zero-order chi connectivity index (χ0) is 21.6. The average molecular weight is 430 g/mol. The van der Waals surface area contributed by atoms with Gasteiger partial charge in [0.15, 0.2) is 5.78 Å². The van der Waals surface area contributed by atoms with Crippen LogP contribution < -0.4 is 5.73 Å². The molecule has 9 heteroatoms. The lowest BCUT2D eigenvalue weighted by molar-refractivity contribution is -0.384. The maximum absolute atomic E-state index is 13.2. The molecule has 0 aromatic heterocycles. The summed E-state index contributed by atoms with van der Waals surface area (Å²) in [5, 5.41) is 11.8. The van der Waals surface area contributed by atoms with Crippen LogP contribution in [-0.2, 0) is 11.0 Å². The van der Waals surface area contributed by atoms with E-state index in [9.17, 15) is 28.1 Å². The summed E-state index contributed by atoms with van der Waals surface area (Å²) in [4.78, 5) is 24.0. The Morgan fingerprint density at radius 2 is 1.77 bits per heavy atom. The number of ketones is 1. The number of hydrogen-bond donors (Lipinski definition) is 1. The highest BCUT2D eigenvalue weighted by Gasteiger charge is 2.38. The predicted octanol–water partition coefficient (Wildman–Crippen LogP) is 5.45. The summed E-state index contributed by atoms with van der Waals surface area (Å²) in [7, 11) is 0. The summed E-state index contributed by atoms with van der Waals surface area (Å²) >= 11 is 0.982. The third-order valence-electron chi connectivity index (χ3n) is 4.83. The second kappa shape index (κ2) is 7.17. The number of hydrogen-bond acceptors (Lipinski definition) is 5. The lowest BCUT2D eigenvalue weighted by Crippen LogP contribution is -2.10. The van der Waals surface area contributed by atoms with E-state index in [2.05, 4.69) is 0 Å². The van der Waals surface area contributed by atoms with Crippen molar-refractivity contribution in [3.05, 3.63) is 92.5 Å². The molecule has 152 valence electrons. The minimum absolute atomic E-state index is 0.00770. The normalized spacial score (nSPS) is 17.0. The number of nitrogens with two attached hydrogens (primary N) is 1. The number of carbonyl (C=O) groups is 1. The molecule has 4 rings (SSSR count). The fourth-order valence-corrected chi connectivity index (χ4v) is 4.62. The van der Waals surface area contributed by atoms with Gasteiger partial charge in [0.05, 0.1) is 21.1 Å². The van der Waals surface area contributed by atoms with Crippen molar-refractivity contribution in [1.29, 1.82) is 0 Å². The largest absolute Gasteiger partial charge is 0.416 e. The number of nitro benzene ring substituents is 1. The van der Waals surface area contributed by atoms with Crippen molar-refractivity contribution in [2.45, 2.75) is 11.4 Å². The molecule has 2 N–H and O–H groups in total. The van der Waals surface area contributed by atoms with Crippen LogP contribution in [0.25, 0.3) is 16.3 Å². The lowest BCUT2D eigenvalue weighted by atomic mass is 9.93. The molecule has 1 unspecified atom stereocenters. The SMILES string of the molecule is NC1=C(c2cccc(C(F)(F)F)c2)C(=O)C(c2cc([N+](=O)[O-])cc3ccccc23)S1. The fraction of sp³-hybridized carbons (Fsp3) is 0.0952. The maximum Gasteiger partial charge on any atom is 0.416 e. The van der Waals surface area contributed by atoms with Gasteiger partial charge in [0.1, 0.15) is 5.25 Å². The molecule has 0 bridgehead atoms. The van der Waals surface area contributed by atoms with Crippen molar-refractivity contribution in [3.8, 4) is 0 Å². The topological polar surface area (TPSA) is 86.2 Å². The minimum atomic E-state index is -4.56. The average Bonchev–Trinajstić information content (AvgIpc) is 3.00. The molecule has 30 heavy (non-hydrogen) atoms. The van der Waals surface area contributed by atoms with Gasteiger partial charge in [-0.2, -0.15) is 13.2 Å². The van der Waals surface area contributed by atoms with Crippen LogP contribution in [-0.4, -0.2) is 10.7 Å². The zero-order valence-corrected chi connectivity index (χ0v) is 16.0. The molecule has 0 amide bonds. The molecule has 3 aromatic rings. The minimum Gasteiger partial charge on any atom is -0.393 e. The van der Waals surface area contributed by atoms with E-state index < -0.39 is 27.7 Å². The number of carbonyl (C=O) groups excluding carboxylic acids is 1. The van der Waals surface area contributed by atoms with E-state index in [1.807, 2.05) is 0 Å². The molecule has 1 heterocycles. The number of non-ortho nitro benzene ring substituents is 1. The highest BCUT2D eigenvalue weighted by Crippen LogP contribution is 2.49. The van der Waals surface area contributed by atoms with E-state index in [0.717, 1.165) is 23.9 Å². The van der Waals surface area contributed by atoms with E-state index in [4.69, 9.17) is 5.73 Å². The summed E-state index contributed by atoms with van der Waals surface area (Å²) in [6.45, 7) is 0. The number of fused-ring (bicyclic) bond motifs is 1. The van der Waals surface area contributed by atoms with Gasteiger partial charge in [0.25, 0.3) is 5.69 Å². The Labute approximate surface area is 172 Å². The number of allylic oxidation sites excluding steroid dienone is 1. The van der Waals surface area contributed by atoms with Gasteiger partial charge >= 0.3 is 6.18 Å². The summed E-state index contributed by atoms with van der Waals surface area (Å²) in [5.41, 5.74) is 5.43. The van der Waals surface area contributed by atoms with Crippen molar-refractivity contribution in [1.82, 2.24) is 0 Å². The molecule has 0 saturated carbocycles. The van der Waals surface area contributed by atoms with Crippen molar-refractivity contribution in [2.24, 2.45) is 5.73 Å². The second-order valence-electron chi connectivity index (χ2n) is 6.69. The highest BCUT2D eigenvalue weighted by atomic mass is 32.2. The van der Waals surface area contributed by atoms with Gasteiger partial charge in [-0.15, -0.1) is 0 Å². The van der Waals surface area contributed by atoms with E-state index >= 15 is 0 Å². The van der Waals surface area contributed by atoms with Crippen LogP contribution in [0.4, 0.5) is 18.9 Å². The Morgan fingerprint density at radius 1 is 1.03 bits per heavy atom. The summed E-state index contributed by atoms with van der Waals surface area (Å²) in [6.07, 6.45) is -4.56. The van der Waals surface area contributed by atoms with Crippen molar-refractivity contribution < 1.29 is 22.9 Å². The molecular weight excluding hydrogens is 417 g/mol. The monoisotopic (exact) mass is 430 g/mol. The van der Waals surface area contributed by atoms with Crippen LogP contribution in [0.1, 0.15) is 21.9 Å². The van der Waals surface area contributed by atoms with Crippen LogP contribution in [0, 0.1) is 10.1 Å². The lowest BCUT2D eigenvalue weighted by Gasteiger charge is -2.13. The number of halogens is 3. The molecule has 1 aliphatic heterocycles. The van der Waals surface area contributed by atoms with Crippen molar-refractivity contribution in [2.75, 3.05) is 0 Å². The first-order chi connectivity index (χ1) is 14.2. The predicted molar refractivity (Wildman–Crippen MR) is 108 cm³/mol. The van der Waals surface area contributed by atoms with Crippen LogP contribution in [0.3, 0.4) is 0 Å². The smallest absolute Gasteiger partial charge is 0.393 e. The number of benzene rings is 3. The van der Waals surface area contributed by atoms with E-state index in [1.54, 1.807) is 24.3 Å². The van der Waals surface area contributed by atoms with Crippen LogP contribution >= 0.6 is 11.8 Å². The van der Waals surface area contributed by atoms with Gasteiger partial charge < -0.3 is 5.73 Å². The van der Waals surface area contributed by atoms with E-state index in [0.29, 0.717) is 16.3 Å². The second-order valence-corrected chi connectivity index (χ2v) is 7.84. The molecule has 0 saturated heterocycles.